The third-order valence-corrected chi connectivity index (χ3v) is 9.62. The Morgan fingerprint density at radius 1 is 1.07 bits per heavy atom. The zero-order valence-corrected chi connectivity index (χ0v) is 17.8. The van der Waals surface area contributed by atoms with E-state index in [4.69, 9.17) is 4.74 Å². The van der Waals surface area contributed by atoms with Crippen molar-refractivity contribution in [3.8, 4) is 5.75 Å². The summed E-state index contributed by atoms with van der Waals surface area (Å²) < 4.78 is 56.7. The van der Waals surface area contributed by atoms with E-state index in [1.807, 2.05) is 13.8 Å². The summed E-state index contributed by atoms with van der Waals surface area (Å²) in [5, 5.41) is -0.909. The van der Waals surface area contributed by atoms with E-state index in [2.05, 4.69) is 11.8 Å². The van der Waals surface area contributed by atoms with Crippen LogP contribution in [0.3, 0.4) is 0 Å². The standard InChI is InChI=1S/C19H29NO5S2/c1-14(2)25-16-4-6-17(7-5-16)27(23,24)19-13-26(21,22)12-18(19)20-10-8-15(3)9-11-20/h4-7,14-15,18-19H,8-13H2,1-3H3/t18-,19-/m0/s1. The summed E-state index contributed by atoms with van der Waals surface area (Å²) in [6, 6.07) is 5.85. The molecular formula is C19H29NO5S2. The van der Waals surface area contributed by atoms with Crippen LogP contribution in [-0.4, -0.2) is 63.7 Å². The molecular weight excluding hydrogens is 386 g/mol. The molecule has 2 aliphatic heterocycles. The summed E-state index contributed by atoms with van der Waals surface area (Å²) in [6.07, 6.45) is 1.95. The molecule has 2 atom stereocenters. The lowest BCUT2D eigenvalue weighted by Gasteiger charge is -2.36. The number of hydrogen-bond donors (Lipinski definition) is 0. The van der Waals surface area contributed by atoms with Crippen LogP contribution in [-0.2, 0) is 19.7 Å². The van der Waals surface area contributed by atoms with Crippen molar-refractivity contribution in [2.75, 3.05) is 24.6 Å². The molecule has 0 unspecified atom stereocenters. The number of likely N-dealkylation sites (tertiary alicyclic amines) is 1. The zero-order chi connectivity index (χ0) is 19.8. The second-order valence-electron chi connectivity index (χ2n) is 8.08. The van der Waals surface area contributed by atoms with Gasteiger partial charge < -0.3 is 4.74 Å². The monoisotopic (exact) mass is 415 g/mol. The number of hydrogen-bond acceptors (Lipinski definition) is 6. The van der Waals surface area contributed by atoms with Crippen molar-refractivity contribution in [3.05, 3.63) is 24.3 Å². The molecule has 0 bridgehead atoms. The van der Waals surface area contributed by atoms with Gasteiger partial charge in [-0.1, -0.05) is 6.92 Å². The number of ether oxygens (including phenoxy) is 1. The summed E-state index contributed by atoms with van der Waals surface area (Å²) in [5.41, 5.74) is 0. The number of nitrogens with zero attached hydrogens (tertiary/aromatic N) is 1. The van der Waals surface area contributed by atoms with Crippen LogP contribution in [0, 0.1) is 5.92 Å². The zero-order valence-electron chi connectivity index (χ0n) is 16.2. The van der Waals surface area contributed by atoms with E-state index >= 15 is 0 Å². The van der Waals surface area contributed by atoms with Crippen LogP contribution < -0.4 is 4.74 Å². The van der Waals surface area contributed by atoms with Gasteiger partial charge in [0, 0.05) is 6.04 Å². The molecule has 2 saturated heterocycles. The molecule has 1 aromatic rings. The summed E-state index contributed by atoms with van der Waals surface area (Å²) in [5.74, 6) is 0.836. The van der Waals surface area contributed by atoms with Crippen molar-refractivity contribution in [3.63, 3.8) is 0 Å². The minimum absolute atomic E-state index is 0.00157. The molecule has 2 aliphatic rings. The molecule has 0 spiro atoms. The van der Waals surface area contributed by atoms with Gasteiger partial charge >= 0.3 is 0 Å². The first-order chi connectivity index (χ1) is 12.6. The van der Waals surface area contributed by atoms with Crippen LogP contribution >= 0.6 is 0 Å². The molecule has 27 heavy (non-hydrogen) atoms. The normalized spacial score (nSPS) is 27.1. The van der Waals surface area contributed by atoms with Gasteiger partial charge in [0.2, 0.25) is 0 Å². The summed E-state index contributed by atoms with van der Waals surface area (Å²) in [6.45, 7) is 7.50. The van der Waals surface area contributed by atoms with Crippen molar-refractivity contribution in [2.45, 2.75) is 55.9 Å². The number of piperidine rings is 1. The van der Waals surface area contributed by atoms with Gasteiger partial charge in [0.1, 0.15) is 5.75 Å². The maximum atomic E-state index is 13.2. The summed E-state index contributed by atoms with van der Waals surface area (Å²) >= 11 is 0. The Labute approximate surface area is 162 Å². The summed E-state index contributed by atoms with van der Waals surface area (Å²) in [4.78, 5) is 2.24. The first-order valence-electron chi connectivity index (χ1n) is 9.53. The van der Waals surface area contributed by atoms with E-state index in [0.29, 0.717) is 11.7 Å². The molecule has 152 valence electrons. The van der Waals surface area contributed by atoms with Gasteiger partial charge in [-0.2, -0.15) is 0 Å². The van der Waals surface area contributed by atoms with Crippen LogP contribution in [0.2, 0.25) is 0 Å². The van der Waals surface area contributed by atoms with E-state index in [-0.39, 0.29) is 22.5 Å². The van der Waals surface area contributed by atoms with Gasteiger partial charge in [-0.15, -0.1) is 0 Å². The van der Waals surface area contributed by atoms with Crippen molar-refractivity contribution < 1.29 is 21.6 Å². The van der Waals surface area contributed by atoms with Crippen LogP contribution in [0.1, 0.15) is 33.6 Å². The minimum atomic E-state index is -3.74. The quantitative estimate of drug-likeness (QED) is 0.733. The maximum absolute atomic E-state index is 13.2. The Bertz CT molecular complexity index is 854. The van der Waals surface area contributed by atoms with E-state index < -0.39 is 31.0 Å². The van der Waals surface area contributed by atoms with E-state index in [1.54, 1.807) is 12.1 Å². The molecule has 3 rings (SSSR count). The number of benzene rings is 1. The number of sulfone groups is 2. The molecule has 2 fully saturated rings. The highest BCUT2D eigenvalue weighted by molar-refractivity contribution is 7.96. The van der Waals surface area contributed by atoms with Crippen molar-refractivity contribution in [1.82, 2.24) is 4.90 Å². The van der Waals surface area contributed by atoms with Crippen LogP contribution in [0.5, 0.6) is 5.75 Å². The number of rotatable bonds is 5. The molecule has 0 amide bonds. The minimum Gasteiger partial charge on any atom is -0.491 e. The van der Waals surface area contributed by atoms with Crippen LogP contribution in [0.15, 0.2) is 29.2 Å². The third kappa shape index (κ3) is 4.66. The van der Waals surface area contributed by atoms with Gasteiger partial charge in [0.15, 0.2) is 19.7 Å². The molecule has 0 radical (unpaired) electrons. The average molecular weight is 416 g/mol. The molecule has 2 heterocycles. The fourth-order valence-corrected chi connectivity index (χ4v) is 8.78. The molecule has 0 saturated carbocycles. The fraction of sp³-hybridized carbons (Fsp3) is 0.684. The van der Waals surface area contributed by atoms with Crippen LogP contribution in [0.25, 0.3) is 0 Å². The molecule has 1 aromatic carbocycles. The second-order valence-corrected chi connectivity index (χ2v) is 12.4. The lowest BCUT2D eigenvalue weighted by Crippen LogP contribution is -2.49. The van der Waals surface area contributed by atoms with E-state index in [0.717, 1.165) is 25.9 Å². The van der Waals surface area contributed by atoms with E-state index in [1.165, 1.54) is 12.1 Å². The first kappa shape index (κ1) is 20.6. The highest BCUT2D eigenvalue weighted by atomic mass is 32.2. The largest absolute Gasteiger partial charge is 0.491 e. The van der Waals surface area contributed by atoms with Crippen molar-refractivity contribution >= 4 is 19.7 Å². The van der Waals surface area contributed by atoms with E-state index in [9.17, 15) is 16.8 Å². The Morgan fingerprint density at radius 2 is 1.67 bits per heavy atom. The van der Waals surface area contributed by atoms with Crippen molar-refractivity contribution in [2.24, 2.45) is 5.92 Å². The molecule has 0 N–H and O–H groups in total. The molecule has 8 heteroatoms. The van der Waals surface area contributed by atoms with Crippen LogP contribution in [0.4, 0.5) is 0 Å². The first-order valence-corrected chi connectivity index (χ1v) is 12.9. The Kier molecular flexibility index (Phi) is 5.89. The third-order valence-electron chi connectivity index (χ3n) is 5.48. The second kappa shape index (κ2) is 7.72. The van der Waals surface area contributed by atoms with Gasteiger partial charge in [-0.25, -0.2) is 16.8 Å². The van der Waals surface area contributed by atoms with Gasteiger partial charge in [-0.3, -0.25) is 4.90 Å². The highest BCUT2D eigenvalue weighted by Gasteiger charge is 2.48. The Balaban J connectivity index is 1.86. The Morgan fingerprint density at radius 3 is 2.22 bits per heavy atom. The molecule has 0 aliphatic carbocycles. The average Bonchev–Trinajstić information content (AvgIpc) is 2.92. The predicted molar refractivity (Wildman–Crippen MR) is 106 cm³/mol. The van der Waals surface area contributed by atoms with Crippen molar-refractivity contribution in [1.29, 1.82) is 0 Å². The lowest BCUT2D eigenvalue weighted by molar-refractivity contribution is 0.151. The molecule has 0 aromatic heterocycles. The Hall–Kier alpha value is -1.12. The maximum Gasteiger partial charge on any atom is 0.183 e. The van der Waals surface area contributed by atoms with Gasteiger partial charge in [0.05, 0.1) is 27.8 Å². The van der Waals surface area contributed by atoms with Gasteiger partial charge in [0.25, 0.3) is 0 Å². The fourth-order valence-electron chi connectivity index (χ4n) is 3.95. The SMILES string of the molecule is CC1CCN([C@H]2CS(=O)(=O)C[C@@H]2S(=O)(=O)c2ccc(OC(C)C)cc2)CC1. The lowest BCUT2D eigenvalue weighted by atomic mass is 9.98. The highest BCUT2D eigenvalue weighted by Crippen LogP contribution is 2.32. The predicted octanol–water partition coefficient (Wildman–Crippen LogP) is 2.14. The molecule has 6 nitrogen and oxygen atoms in total. The summed E-state index contributed by atoms with van der Waals surface area (Å²) in [7, 11) is -7.11. The smallest absolute Gasteiger partial charge is 0.183 e. The topological polar surface area (TPSA) is 80.8 Å². The van der Waals surface area contributed by atoms with Gasteiger partial charge in [-0.05, 0) is 70.0 Å².